The van der Waals surface area contributed by atoms with E-state index in [1.165, 1.54) is 17.4 Å². The summed E-state index contributed by atoms with van der Waals surface area (Å²) in [6, 6.07) is 17.6. The second-order valence-electron chi connectivity index (χ2n) is 6.54. The molecule has 4 rings (SSSR count). The van der Waals surface area contributed by atoms with Crippen LogP contribution in [0.2, 0.25) is 0 Å². The second kappa shape index (κ2) is 8.79. The Morgan fingerprint density at radius 1 is 1.07 bits per heavy atom. The van der Waals surface area contributed by atoms with Crippen molar-refractivity contribution in [1.29, 1.82) is 0 Å². The largest absolute Gasteiger partial charge is 0.487 e. The molecule has 0 bridgehead atoms. The number of carbonyl (C=O) groups is 1. The van der Waals surface area contributed by atoms with Gasteiger partial charge in [-0.15, -0.1) is 11.3 Å². The van der Waals surface area contributed by atoms with Gasteiger partial charge in [-0.05, 0) is 43.3 Å². The van der Waals surface area contributed by atoms with Gasteiger partial charge in [-0.25, -0.2) is 4.98 Å². The molecule has 0 spiro atoms. The number of rotatable bonds is 7. The van der Waals surface area contributed by atoms with E-state index < -0.39 is 0 Å². The van der Waals surface area contributed by atoms with Crippen LogP contribution in [0, 0.1) is 6.92 Å². The zero-order valence-corrected chi connectivity index (χ0v) is 17.0. The number of nitrogens with zero attached hydrogens (tertiary/aromatic N) is 2. The van der Waals surface area contributed by atoms with E-state index in [2.05, 4.69) is 10.3 Å². The predicted octanol–water partition coefficient (Wildman–Crippen LogP) is 3.66. The Morgan fingerprint density at radius 2 is 1.80 bits per heavy atom. The third-order valence-electron chi connectivity index (χ3n) is 4.27. The van der Waals surface area contributed by atoms with Gasteiger partial charge in [-0.2, -0.15) is 0 Å². The lowest BCUT2D eigenvalue weighted by molar-refractivity contribution is -0.118. The number of ether oxygens (including phenoxy) is 2. The van der Waals surface area contributed by atoms with Crippen LogP contribution in [0.4, 0.5) is 5.69 Å². The zero-order valence-electron chi connectivity index (χ0n) is 16.2. The molecule has 152 valence electrons. The fourth-order valence-corrected chi connectivity index (χ4v) is 3.72. The van der Waals surface area contributed by atoms with Crippen molar-refractivity contribution in [3.05, 3.63) is 87.8 Å². The number of hydrogen-bond acceptors (Lipinski definition) is 6. The SMILES string of the molecule is Cc1csc2nc(COc3ccc(NC(=O)COc4ccccc4)cc3)cc(=O)n12. The molecule has 0 saturated heterocycles. The molecule has 2 aromatic carbocycles. The molecule has 30 heavy (non-hydrogen) atoms. The standard InChI is InChI=1S/C22H19N3O4S/c1-15-14-30-22-24-17(11-21(27)25(15)22)12-28-19-9-7-16(8-10-19)23-20(26)13-29-18-5-3-2-4-6-18/h2-11,14H,12-13H2,1H3,(H,23,26). The third kappa shape index (κ3) is 4.66. The summed E-state index contributed by atoms with van der Waals surface area (Å²) in [5, 5.41) is 4.66. The molecule has 0 unspecified atom stereocenters. The molecule has 8 heteroatoms. The third-order valence-corrected chi connectivity index (χ3v) is 5.21. The molecule has 0 saturated carbocycles. The molecule has 1 amide bonds. The number of thiazole rings is 1. The van der Waals surface area contributed by atoms with Gasteiger partial charge in [0.05, 0.1) is 5.69 Å². The van der Waals surface area contributed by atoms with Crippen molar-refractivity contribution in [3.63, 3.8) is 0 Å². The van der Waals surface area contributed by atoms with Gasteiger partial charge in [0.25, 0.3) is 11.5 Å². The summed E-state index contributed by atoms with van der Waals surface area (Å²) in [6.45, 7) is 1.98. The summed E-state index contributed by atoms with van der Waals surface area (Å²) in [5.41, 5.74) is 1.95. The molecule has 0 aliphatic rings. The minimum absolute atomic E-state index is 0.0753. The fraction of sp³-hybridized carbons (Fsp3) is 0.136. The highest BCUT2D eigenvalue weighted by atomic mass is 32.1. The van der Waals surface area contributed by atoms with Crippen LogP contribution >= 0.6 is 11.3 Å². The lowest BCUT2D eigenvalue weighted by atomic mass is 10.3. The molecule has 7 nitrogen and oxygen atoms in total. The first-order valence-electron chi connectivity index (χ1n) is 9.26. The number of fused-ring (bicyclic) bond motifs is 1. The molecule has 0 radical (unpaired) electrons. The van der Waals surface area contributed by atoms with Gasteiger partial charge in [-0.3, -0.25) is 14.0 Å². The minimum atomic E-state index is -0.253. The monoisotopic (exact) mass is 421 g/mol. The van der Waals surface area contributed by atoms with E-state index in [1.807, 2.05) is 30.5 Å². The molecule has 2 heterocycles. The van der Waals surface area contributed by atoms with Crippen molar-refractivity contribution >= 4 is 27.9 Å². The highest BCUT2D eigenvalue weighted by molar-refractivity contribution is 7.15. The summed E-state index contributed by atoms with van der Waals surface area (Å²) in [4.78, 5) is 29.3. The molecule has 0 fully saturated rings. The Balaban J connectivity index is 1.31. The summed E-state index contributed by atoms with van der Waals surface area (Å²) in [7, 11) is 0. The first kappa shape index (κ1) is 19.7. The van der Waals surface area contributed by atoms with Gasteiger partial charge in [0.1, 0.15) is 18.1 Å². The van der Waals surface area contributed by atoms with E-state index in [0.29, 0.717) is 27.8 Å². The van der Waals surface area contributed by atoms with E-state index in [1.54, 1.807) is 40.8 Å². The molecule has 1 N–H and O–H groups in total. The normalized spacial score (nSPS) is 10.7. The van der Waals surface area contributed by atoms with E-state index in [4.69, 9.17) is 9.47 Å². The molecule has 0 aliphatic heterocycles. The quantitative estimate of drug-likeness (QED) is 0.492. The molecule has 4 aromatic rings. The van der Waals surface area contributed by atoms with Crippen molar-refractivity contribution < 1.29 is 14.3 Å². The minimum Gasteiger partial charge on any atom is -0.487 e. The number of anilines is 1. The van der Waals surface area contributed by atoms with E-state index >= 15 is 0 Å². The lowest BCUT2D eigenvalue weighted by Gasteiger charge is -2.09. The second-order valence-corrected chi connectivity index (χ2v) is 7.38. The van der Waals surface area contributed by atoms with Gasteiger partial charge in [-0.1, -0.05) is 18.2 Å². The van der Waals surface area contributed by atoms with Crippen molar-refractivity contribution in [2.45, 2.75) is 13.5 Å². The number of carbonyl (C=O) groups excluding carboxylic acids is 1. The number of para-hydroxylation sites is 1. The lowest BCUT2D eigenvalue weighted by Crippen LogP contribution is -2.20. The molecule has 0 aliphatic carbocycles. The first-order chi connectivity index (χ1) is 14.6. The van der Waals surface area contributed by atoms with Gasteiger partial charge in [0.2, 0.25) is 0 Å². The highest BCUT2D eigenvalue weighted by Crippen LogP contribution is 2.18. The van der Waals surface area contributed by atoms with Gasteiger partial charge in [0, 0.05) is 22.8 Å². The summed E-state index contributed by atoms with van der Waals surface area (Å²) in [6.07, 6.45) is 0. The van der Waals surface area contributed by atoms with Crippen molar-refractivity contribution in [2.24, 2.45) is 0 Å². The fourth-order valence-electron chi connectivity index (χ4n) is 2.83. The van der Waals surface area contributed by atoms with Crippen molar-refractivity contribution in [1.82, 2.24) is 9.38 Å². The van der Waals surface area contributed by atoms with E-state index in [0.717, 1.165) is 5.69 Å². The number of hydrogen-bond donors (Lipinski definition) is 1. The van der Waals surface area contributed by atoms with Crippen molar-refractivity contribution in [2.75, 3.05) is 11.9 Å². The number of aromatic nitrogens is 2. The highest BCUT2D eigenvalue weighted by Gasteiger charge is 2.08. The molecular weight excluding hydrogens is 402 g/mol. The average Bonchev–Trinajstić information content (AvgIpc) is 3.14. The molecule has 0 atom stereocenters. The van der Waals surface area contributed by atoms with Crippen molar-refractivity contribution in [3.8, 4) is 11.5 Å². The molecule has 2 aromatic heterocycles. The smallest absolute Gasteiger partial charge is 0.262 e. The Hall–Kier alpha value is -3.65. The van der Waals surface area contributed by atoms with E-state index in [-0.39, 0.29) is 24.7 Å². The maximum atomic E-state index is 12.2. The van der Waals surface area contributed by atoms with Crippen LogP contribution in [0.3, 0.4) is 0 Å². The Kier molecular flexibility index (Phi) is 5.76. The Labute approximate surface area is 176 Å². The number of aryl methyl sites for hydroxylation is 1. The maximum absolute atomic E-state index is 12.2. The number of benzene rings is 2. The predicted molar refractivity (Wildman–Crippen MR) is 115 cm³/mol. The van der Waals surface area contributed by atoms with Crippen LogP contribution < -0.4 is 20.3 Å². The summed E-state index contributed by atoms with van der Waals surface area (Å²) >= 11 is 1.42. The zero-order chi connectivity index (χ0) is 20.9. The summed E-state index contributed by atoms with van der Waals surface area (Å²) in [5.74, 6) is 0.996. The number of nitrogens with one attached hydrogen (secondary N) is 1. The van der Waals surface area contributed by atoms with Gasteiger partial charge < -0.3 is 14.8 Å². The van der Waals surface area contributed by atoms with E-state index in [9.17, 15) is 9.59 Å². The van der Waals surface area contributed by atoms with Gasteiger partial charge in [0.15, 0.2) is 11.6 Å². The van der Waals surface area contributed by atoms with Crippen LogP contribution in [-0.2, 0) is 11.4 Å². The summed E-state index contributed by atoms with van der Waals surface area (Å²) < 4.78 is 12.7. The van der Waals surface area contributed by atoms with Gasteiger partial charge >= 0.3 is 0 Å². The first-order valence-corrected chi connectivity index (χ1v) is 10.1. The Bertz CT molecular complexity index is 1220. The van der Waals surface area contributed by atoms with Crippen LogP contribution in [0.5, 0.6) is 11.5 Å². The molecular formula is C22H19N3O4S. The maximum Gasteiger partial charge on any atom is 0.262 e. The van der Waals surface area contributed by atoms with Crippen LogP contribution in [0.15, 0.2) is 70.8 Å². The van der Waals surface area contributed by atoms with Crippen LogP contribution in [-0.4, -0.2) is 21.9 Å². The van der Waals surface area contributed by atoms with Crippen LogP contribution in [0.1, 0.15) is 11.4 Å². The number of amides is 1. The topological polar surface area (TPSA) is 81.9 Å². The average molecular weight is 421 g/mol. The van der Waals surface area contributed by atoms with Crippen LogP contribution in [0.25, 0.3) is 4.96 Å². The Morgan fingerprint density at radius 3 is 2.57 bits per heavy atom.